The highest BCUT2D eigenvalue weighted by Gasteiger charge is 2.70. The molecule has 0 bridgehead atoms. The van der Waals surface area contributed by atoms with Crippen molar-refractivity contribution in [3.63, 3.8) is 0 Å². The Labute approximate surface area is 168 Å². The molecule has 4 atom stereocenters. The number of anilines is 1. The molecule has 2 N–H and O–H groups in total. The molecule has 1 saturated carbocycles. The lowest BCUT2D eigenvalue weighted by Gasteiger charge is -2.31. The van der Waals surface area contributed by atoms with Crippen LogP contribution < -0.4 is 10.6 Å². The second-order valence-corrected chi connectivity index (χ2v) is 9.31. The van der Waals surface area contributed by atoms with Gasteiger partial charge in [-0.15, -0.1) is 0 Å². The van der Waals surface area contributed by atoms with Crippen molar-refractivity contribution in [2.45, 2.75) is 49.7 Å². The van der Waals surface area contributed by atoms with Crippen molar-refractivity contribution in [3.8, 4) is 0 Å². The van der Waals surface area contributed by atoms with Crippen LogP contribution in [0.4, 0.5) is 5.69 Å². The van der Waals surface area contributed by atoms with Crippen LogP contribution in [0.5, 0.6) is 0 Å². The molecule has 1 aliphatic carbocycles. The van der Waals surface area contributed by atoms with E-state index in [1.165, 1.54) is 4.90 Å². The molecule has 1 aromatic rings. The predicted molar refractivity (Wildman–Crippen MR) is 108 cm³/mol. The maximum absolute atomic E-state index is 13.6. The van der Waals surface area contributed by atoms with E-state index in [1.807, 2.05) is 30.5 Å². The normalized spacial score (nSPS) is 34.4. The monoisotopic (exact) mass is 399 g/mol. The van der Waals surface area contributed by atoms with Crippen LogP contribution in [0.15, 0.2) is 24.3 Å². The van der Waals surface area contributed by atoms with E-state index in [2.05, 4.69) is 10.6 Å². The minimum atomic E-state index is -1.13. The van der Waals surface area contributed by atoms with Gasteiger partial charge in [-0.3, -0.25) is 24.6 Å². The van der Waals surface area contributed by atoms with Crippen molar-refractivity contribution in [3.05, 3.63) is 29.8 Å². The van der Waals surface area contributed by atoms with Gasteiger partial charge in [-0.2, -0.15) is 11.8 Å². The van der Waals surface area contributed by atoms with Crippen molar-refractivity contribution < 1.29 is 14.4 Å². The number of nitrogens with zero attached hydrogens (tertiary/aromatic N) is 1. The molecule has 1 spiro atoms. The van der Waals surface area contributed by atoms with E-state index in [9.17, 15) is 14.4 Å². The lowest BCUT2D eigenvalue weighted by molar-refractivity contribution is -0.145. The highest BCUT2D eigenvalue weighted by molar-refractivity contribution is 7.98. The Bertz CT molecular complexity index is 853. The van der Waals surface area contributed by atoms with Gasteiger partial charge < -0.3 is 5.32 Å². The quantitative estimate of drug-likeness (QED) is 0.758. The zero-order valence-electron chi connectivity index (χ0n) is 15.9. The molecule has 3 aliphatic heterocycles. The van der Waals surface area contributed by atoms with E-state index in [1.54, 1.807) is 11.8 Å². The van der Waals surface area contributed by atoms with Crippen LogP contribution >= 0.6 is 11.8 Å². The Morgan fingerprint density at radius 3 is 2.64 bits per heavy atom. The summed E-state index contributed by atoms with van der Waals surface area (Å²) >= 11 is 1.72. The Balaban J connectivity index is 1.61. The summed E-state index contributed by atoms with van der Waals surface area (Å²) in [4.78, 5) is 41.8. The highest BCUT2D eigenvalue weighted by Crippen LogP contribution is 2.54. The SMILES string of the molecule is CSCC[C@@H]1N[C@@]2(C(=O)Nc3ccccc32)[C@@H]2C(=O)N(C3CCCC3)C(=O)[C@@H]12. The molecule has 3 amide bonds. The van der Waals surface area contributed by atoms with Gasteiger partial charge in [-0.05, 0) is 37.3 Å². The average molecular weight is 400 g/mol. The Morgan fingerprint density at radius 2 is 1.89 bits per heavy atom. The number of amides is 3. The van der Waals surface area contributed by atoms with Crippen LogP contribution in [-0.4, -0.2) is 46.7 Å². The van der Waals surface area contributed by atoms with Crippen molar-refractivity contribution in [2.24, 2.45) is 11.8 Å². The zero-order valence-corrected chi connectivity index (χ0v) is 16.8. The average Bonchev–Trinajstić information content (AvgIpc) is 3.42. The molecular formula is C21H25N3O3S. The lowest BCUT2D eigenvalue weighted by atomic mass is 9.76. The van der Waals surface area contributed by atoms with Gasteiger partial charge in [0.2, 0.25) is 17.7 Å². The van der Waals surface area contributed by atoms with Gasteiger partial charge in [0.05, 0.1) is 11.8 Å². The van der Waals surface area contributed by atoms with Crippen LogP contribution in [0.25, 0.3) is 0 Å². The third-order valence-corrected chi connectivity index (χ3v) is 7.62. The maximum Gasteiger partial charge on any atom is 0.250 e. The predicted octanol–water partition coefficient (Wildman–Crippen LogP) is 2.10. The Hall–Kier alpha value is -1.86. The topological polar surface area (TPSA) is 78.5 Å². The number of benzene rings is 1. The van der Waals surface area contributed by atoms with E-state index in [-0.39, 0.29) is 29.8 Å². The van der Waals surface area contributed by atoms with E-state index in [4.69, 9.17) is 0 Å². The number of carbonyl (C=O) groups is 3. The number of likely N-dealkylation sites (tertiary alicyclic amines) is 1. The fraction of sp³-hybridized carbons (Fsp3) is 0.571. The van der Waals surface area contributed by atoms with Gasteiger partial charge in [0.25, 0.3) is 0 Å². The number of hydrogen-bond donors (Lipinski definition) is 2. The molecule has 2 saturated heterocycles. The number of nitrogens with one attached hydrogen (secondary N) is 2. The fourth-order valence-corrected chi connectivity index (χ4v) is 6.29. The van der Waals surface area contributed by atoms with Crippen LogP contribution in [0, 0.1) is 11.8 Å². The first-order valence-corrected chi connectivity index (χ1v) is 11.5. The van der Waals surface area contributed by atoms with Gasteiger partial charge in [0, 0.05) is 23.3 Å². The van der Waals surface area contributed by atoms with Crippen molar-refractivity contribution in [1.82, 2.24) is 10.2 Å². The van der Waals surface area contributed by atoms with E-state index >= 15 is 0 Å². The number of rotatable bonds is 4. The molecule has 0 unspecified atom stereocenters. The first-order chi connectivity index (χ1) is 13.6. The number of para-hydroxylation sites is 1. The van der Waals surface area contributed by atoms with Crippen molar-refractivity contribution in [2.75, 3.05) is 17.3 Å². The van der Waals surface area contributed by atoms with Crippen LogP contribution in [-0.2, 0) is 19.9 Å². The minimum Gasteiger partial charge on any atom is -0.324 e. The molecule has 0 radical (unpaired) electrons. The van der Waals surface area contributed by atoms with Crippen molar-refractivity contribution >= 4 is 35.2 Å². The van der Waals surface area contributed by atoms with Gasteiger partial charge in [-0.1, -0.05) is 31.0 Å². The molecule has 5 rings (SSSR count). The molecule has 4 aliphatic rings. The zero-order chi connectivity index (χ0) is 19.5. The number of hydrogen-bond acceptors (Lipinski definition) is 5. The lowest BCUT2D eigenvalue weighted by Crippen LogP contribution is -2.54. The molecule has 3 heterocycles. The molecule has 7 heteroatoms. The fourth-order valence-electron chi connectivity index (χ4n) is 5.80. The summed E-state index contributed by atoms with van der Waals surface area (Å²) in [5.41, 5.74) is 0.407. The summed E-state index contributed by atoms with van der Waals surface area (Å²) in [5, 5.41) is 6.44. The summed E-state index contributed by atoms with van der Waals surface area (Å²) in [6, 6.07) is 7.37. The summed E-state index contributed by atoms with van der Waals surface area (Å²) < 4.78 is 0. The minimum absolute atomic E-state index is 0.00329. The van der Waals surface area contributed by atoms with Crippen molar-refractivity contribution in [1.29, 1.82) is 0 Å². The van der Waals surface area contributed by atoms with E-state index in [0.29, 0.717) is 0 Å². The molecular weight excluding hydrogens is 374 g/mol. The second kappa shape index (κ2) is 6.59. The number of imide groups is 1. The molecule has 28 heavy (non-hydrogen) atoms. The highest BCUT2D eigenvalue weighted by atomic mass is 32.2. The molecule has 0 aromatic heterocycles. The van der Waals surface area contributed by atoms with Gasteiger partial charge in [0.15, 0.2) is 0 Å². The molecule has 1 aromatic carbocycles. The second-order valence-electron chi connectivity index (χ2n) is 8.33. The summed E-state index contributed by atoms with van der Waals surface area (Å²) in [5.74, 6) is -0.675. The van der Waals surface area contributed by atoms with Gasteiger partial charge >= 0.3 is 0 Å². The van der Waals surface area contributed by atoms with Crippen LogP contribution in [0.1, 0.15) is 37.7 Å². The first-order valence-electron chi connectivity index (χ1n) is 10.1. The summed E-state index contributed by atoms with van der Waals surface area (Å²) in [6.07, 6.45) is 6.67. The molecule has 148 valence electrons. The van der Waals surface area contributed by atoms with Gasteiger partial charge in [0.1, 0.15) is 5.54 Å². The third kappa shape index (κ3) is 2.29. The summed E-state index contributed by atoms with van der Waals surface area (Å²) in [7, 11) is 0. The molecule has 6 nitrogen and oxygen atoms in total. The largest absolute Gasteiger partial charge is 0.324 e. The van der Waals surface area contributed by atoms with Gasteiger partial charge in [-0.25, -0.2) is 0 Å². The summed E-state index contributed by atoms with van der Waals surface area (Å²) in [6.45, 7) is 0. The molecule has 3 fully saturated rings. The van der Waals surface area contributed by atoms with Crippen LogP contribution in [0.2, 0.25) is 0 Å². The van der Waals surface area contributed by atoms with Crippen LogP contribution in [0.3, 0.4) is 0 Å². The Morgan fingerprint density at radius 1 is 1.14 bits per heavy atom. The standard InChI is InChI=1S/C21H25N3O3S/c1-28-11-10-15-16-17(19(26)24(18(16)25)12-6-2-3-7-12)21(23-15)13-8-4-5-9-14(13)22-20(21)27/h4-5,8-9,12,15-17,23H,2-3,6-7,10-11H2,1H3,(H,22,27)/t15-,16-,17-,21+/m0/s1. The Kier molecular flexibility index (Phi) is 4.28. The number of carbonyl (C=O) groups excluding carboxylic acids is 3. The number of fused-ring (bicyclic) bond motifs is 4. The third-order valence-electron chi connectivity index (χ3n) is 6.98. The van der Waals surface area contributed by atoms with E-state index < -0.39 is 17.4 Å². The number of thioether (sulfide) groups is 1. The first kappa shape index (κ1) is 18.2. The smallest absolute Gasteiger partial charge is 0.250 e. The maximum atomic E-state index is 13.6. The van der Waals surface area contributed by atoms with E-state index in [0.717, 1.165) is 49.1 Å².